The second-order valence-corrected chi connectivity index (χ2v) is 4.40. The molecule has 1 N–H and O–H groups in total. The van der Waals surface area contributed by atoms with Gasteiger partial charge in [-0.2, -0.15) is 0 Å². The largest absolute Gasteiger partial charge is 0.489 e. The van der Waals surface area contributed by atoms with Crippen molar-refractivity contribution in [2.24, 2.45) is 0 Å². The van der Waals surface area contributed by atoms with Gasteiger partial charge in [0.25, 0.3) is 0 Å². The van der Waals surface area contributed by atoms with E-state index < -0.39 is 11.9 Å². The van der Waals surface area contributed by atoms with Gasteiger partial charge < -0.3 is 9.84 Å². The number of benzene rings is 2. The summed E-state index contributed by atoms with van der Waals surface area (Å²) in [5.41, 5.74) is 1.73. The highest BCUT2D eigenvalue weighted by atomic mass is 16.5. The number of hydrogen-bond donors (Lipinski definition) is 1. The third-order valence-electron chi connectivity index (χ3n) is 2.97. The molecule has 20 heavy (non-hydrogen) atoms. The smallest absolute Gasteiger partial charge is 0.314 e. The molecule has 0 amide bonds. The summed E-state index contributed by atoms with van der Waals surface area (Å²) in [5.74, 6) is -0.977. The van der Waals surface area contributed by atoms with Crippen LogP contribution in [0.4, 0.5) is 0 Å². The van der Waals surface area contributed by atoms with E-state index in [1.165, 1.54) is 6.08 Å². The lowest BCUT2D eigenvalue weighted by Gasteiger charge is -2.11. The molecule has 0 fully saturated rings. The molecule has 0 radical (unpaired) electrons. The Morgan fingerprint density at radius 3 is 2.60 bits per heavy atom. The fourth-order valence-corrected chi connectivity index (χ4v) is 1.92. The van der Waals surface area contributed by atoms with E-state index in [-0.39, 0.29) is 0 Å². The van der Waals surface area contributed by atoms with Crippen molar-refractivity contribution in [2.45, 2.75) is 12.5 Å². The molecule has 0 spiro atoms. The van der Waals surface area contributed by atoms with Gasteiger partial charge in [-0.05, 0) is 23.3 Å². The van der Waals surface area contributed by atoms with Crippen molar-refractivity contribution in [1.29, 1.82) is 0 Å². The fourth-order valence-electron chi connectivity index (χ4n) is 1.92. The summed E-state index contributed by atoms with van der Waals surface area (Å²) in [5, 5.41) is 9.11. The Bertz CT molecular complexity index is 590. The van der Waals surface area contributed by atoms with Crippen LogP contribution in [0.25, 0.3) is 0 Å². The zero-order valence-electron chi connectivity index (χ0n) is 11.0. The van der Waals surface area contributed by atoms with Crippen LogP contribution < -0.4 is 4.74 Å². The van der Waals surface area contributed by atoms with Crippen LogP contribution >= 0.6 is 0 Å². The lowest BCUT2D eigenvalue weighted by Crippen LogP contribution is -2.08. The van der Waals surface area contributed by atoms with E-state index in [1.807, 2.05) is 36.4 Å². The van der Waals surface area contributed by atoms with Crippen molar-refractivity contribution in [3.8, 4) is 5.75 Å². The predicted octanol–water partition coefficient (Wildman–Crippen LogP) is 3.62. The van der Waals surface area contributed by atoms with E-state index in [4.69, 9.17) is 9.84 Å². The maximum Gasteiger partial charge on any atom is 0.314 e. The molecule has 0 saturated carbocycles. The molecule has 0 bridgehead atoms. The molecule has 2 rings (SSSR count). The van der Waals surface area contributed by atoms with Crippen molar-refractivity contribution in [1.82, 2.24) is 0 Å². The number of carboxylic acid groups (broad SMARTS) is 1. The zero-order chi connectivity index (χ0) is 14.4. The maximum atomic E-state index is 11.1. The average molecular weight is 268 g/mol. The van der Waals surface area contributed by atoms with Crippen molar-refractivity contribution in [3.05, 3.63) is 78.4 Å². The fraction of sp³-hybridized carbons (Fsp3) is 0.118. The zero-order valence-corrected chi connectivity index (χ0v) is 11.0. The molecule has 1 atom stereocenters. The summed E-state index contributed by atoms with van der Waals surface area (Å²) in [6.07, 6.45) is 1.42. The summed E-state index contributed by atoms with van der Waals surface area (Å²) in [4.78, 5) is 11.1. The number of aliphatic carboxylic acids is 1. The molecule has 1 unspecified atom stereocenters. The molecule has 2 aromatic rings. The summed E-state index contributed by atoms with van der Waals surface area (Å²) in [6.45, 7) is 4.01. The SMILES string of the molecule is C=CC(C(=O)O)c1cccc(OCc2ccccc2)c1. The van der Waals surface area contributed by atoms with Crippen LogP contribution in [0.3, 0.4) is 0 Å². The molecule has 0 aliphatic carbocycles. The third-order valence-corrected chi connectivity index (χ3v) is 2.97. The second kappa shape index (κ2) is 6.57. The van der Waals surface area contributed by atoms with Gasteiger partial charge >= 0.3 is 5.97 Å². The number of hydrogen-bond acceptors (Lipinski definition) is 2. The van der Waals surface area contributed by atoms with Crippen molar-refractivity contribution >= 4 is 5.97 Å². The molecule has 0 aromatic heterocycles. The predicted molar refractivity (Wildman–Crippen MR) is 77.8 cm³/mol. The van der Waals surface area contributed by atoms with Gasteiger partial charge in [-0.1, -0.05) is 48.5 Å². The highest BCUT2D eigenvalue weighted by molar-refractivity contribution is 5.78. The first-order valence-electron chi connectivity index (χ1n) is 6.33. The van der Waals surface area contributed by atoms with Gasteiger partial charge in [0.1, 0.15) is 12.4 Å². The van der Waals surface area contributed by atoms with Crippen molar-refractivity contribution in [2.75, 3.05) is 0 Å². The standard InChI is InChI=1S/C17H16O3/c1-2-16(17(18)19)14-9-6-10-15(11-14)20-12-13-7-4-3-5-8-13/h2-11,16H,1,12H2,(H,18,19). The Labute approximate surface area is 118 Å². The van der Waals surface area contributed by atoms with E-state index in [1.54, 1.807) is 18.2 Å². The highest BCUT2D eigenvalue weighted by Gasteiger charge is 2.16. The molecule has 0 saturated heterocycles. The van der Waals surface area contributed by atoms with Crippen LogP contribution in [0.5, 0.6) is 5.75 Å². The van der Waals surface area contributed by atoms with Crippen LogP contribution in [-0.2, 0) is 11.4 Å². The van der Waals surface area contributed by atoms with Gasteiger partial charge in [-0.25, -0.2) is 0 Å². The molecule has 2 aromatic carbocycles. The van der Waals surface area contributed by atoms with Crippen LogP contribution in [0, 0.1) is 0 Å². The number of carboxylic acids is 1. The van der Waals surface area contributed by atoms with Crippen LogP contribution in [0.15, 0.2) is 67.3 Å². The second-order valence-electron chi connectivity index (χ2n) is 4.40. The summed E-state index contributed by atoms with van der Waals surface area (Å²) in [7, 11) is 0. The first-order chi connectivity index (χ1) is 9.70. The van der Waals surface area contributed by atoms with Gasteiger partial charge in [0.15, 0.2) is 0 Å². The van der Waals surface area contributed by atoms with Crippen LogP contribution in [0.1, 0.15) is 17.0 Å². The lowest BCUT2D eigenvalue weighted by atomic mass is 9.99. The minimum absolute atomic E-state index is 0.454. The van der Waals surface area contributed by atoms with Gasteiger partial charge in [-0.3, -0.25) is 4.79 Å². The number of rotatable bonds is 6. The van der Waals surface area contributed by atoms with Gasteiger partial charge in [0.05, 0.1) is 5.92 Å². The molecule has 3 nitrogen and oxygen atoms in total. The first-order valence-corrected chi connectivity index (χ1v) is 6.33. The summed E-state index contributed by atoms with van der Waals surface area (Å²) >= 11 is 0. The van der Waals surface area contributed by atoms with Gasteiger partial charge in [0, 0.05) is 0 Å². The van der Waals surface area contributed by atoms with Gasteiger partial charge in [0.2, 0.25) is 0 Å². The first kappa shape index (κ1) is 13.9. The summed E-state index contributed by atoms with van der Waals surface area (Å²) < 4.78 is 5.68. The molecule has 102 valence electrons. The molecule has 0 heterocycles. The quantitative estimate of drug-likeness (QED) is 0.814. The molecule has 3 heteroatoms. The topological polar surface area (TPSA) is 46.5 Å². The Morgan fingerprint density at radius 2 is 1.95 bits per heavy atom. The molecular weight excluding hydrogens is 252 g/mol. The number of ether oxygens (including phenoxy) is 1. The monoisotopic (exact) mass is 268 g/mol. The Morgan fingerprint density at radius 1 is 1.20 bits per heavy atom. The minimum atomic E-state index is -0.916. The lowest BCUT2D eigenvalue weighted by molar-refractivity contribution is -0.137. The Kier molecular flexibility index (Phi) is 4.56. The van der Waals surface area contributed by atoms with E-state index in [0.29, 0.717) is 17.9 Å². The average Bonchev–Trinajstić information content (AvgIpc) is 2.47. The molecular formula is C17H16O3. The van der Waals surface area contributed by atoms with Crippen LogP contribution in [-0.4, -0.2) is 11.1 Å². The van der Waals surface area contributed by atoms with E-state index in [0.717, 1.165) is 5.56 Å². The summed E-state index contributed by atoms with van der Waals surface area (Å²) in [6, 6.07) is 16.9. The van der Waals surface area contributed by atoms with Crippen molar-refractivity contribution in [3.63, 3.8) is 0 Å². The minimum Gasteiger partial charge on any atom is -0.489 e. The normalized spacial score (nSPS) is 11.6. The van der Waals surface area contributed by atoms with E-state index in [2.05, 4.69) is 6.58 Å². The number of carbonyl (C=O) groups is 1. The third kappa shape index (κ3) is 3.48. The van der Waals surface area contributed by atoms with Crippen LogP contribution in [0.2, 0.25) is 0 Å². The maximum absolute atomic E-state index is 11.1. The van der Waals surface area contributed by atoms with E-state index in [9.17, 15) is 4.79 Å². The highest BCUT2D eigenvalue weighted by Crippen LogP contribution is 2.22. The Balaban J connectivity index is 2.10. The van der Waals surface area contributed by atoms with Gasteiger partial charge in [-0.15, -0.1) is 6.58 Å². The molecule has 0 aliphatic heterocycles. The Hall–Kier alpha value is -2.55. The molecule has 0 aliphatic rings. The van der Waals surface area contributed by atoms with E-state index >= 15 is 0 Å². The van der Waals surface area contributed by atoms with Crippen molar-refractivity contribution < 1.29 is 14.6 Å².